The fourth-order valence-electron chi connectivity index (χ4n) is 1.46. The third-order valence-corrected chi connectivity index (χ3v) is 3.11. The van der Waals surface area contributed by atoms with E-state index in [1.807, 2.05) is 13.8 Å². The van der Waals surface area contributed by atoms with Crippen molar-refractivity contribution in [2.45, 2.75) is 20.3 Å². The Morgan fingerprint density at radius 2 is 1.93 bits per heavy atom. The van der Waals surface area contributed by atoms with E-state index in [0.29, 0.717) is 11.6 Å². The highest BCUT2D eigenvalue weighted by atomic mass is 35.5. The number of hydrogen-bond acceptors (Lipinski definition) is 3. The van der Waals surface area contributed by atoms with E-state index in [1.54, 1.807) is 11.7 Å². The highest BCUT2D eigenvalue weighted by molar-refractivity contribution is 6.30. The highest BCUT2D eigenvalue weighted by Crippen LogP contribution is 2.28. The van der Waals surface area contributed by atoms with Crippen molar-refractivity contribution in [3.8, 4) is 0 Å². The van der Waals surface area contributed by atoms with Gasteiger partial charge in [0, 0.05) is 18.0 Å². The van der Waals surface area contributed by atoms with Crippen molar-refractivity contribution >= 4 is 11.6 Å². The lowest BCUT2D eigenvalue weighted by atomic mass is 9.85. The summed E-state index contributed by atoms with van der Waals surface area (Å²) in [5.74, 6) is 0. The van der Waals surface area contributed by atoms with Gasteiger partial charge in [-0.05, 0) is 13.3 Å². The fourth-order valence-corrected chi connectivity index (χ4v) is 1.70. The van der Waals surface area contributed by atoms with E-state index in [4.69, 9.17) is 11.6 Å². The molecule has 5 heteroatoms. The molecular weight excluding hydrogens is 216 g/mol. The number of hydrogen-bond donors (Lipinski definition) is 2. The third-order valence-electron chi connectivity index (χ3n) is 2.64. The predicted octanol–water partition coefficient (Wildman–Crippen LogP) is 0.915. The third kappa shape index (κ3) is 2.51. The number of nitrogens with zero attached hydrogens (tertiary/aromatic N) is 2. The van der Waals surface area contributed by atoms with Gasteiger partial charge in [0.1, 0.15) is 5.15 Å². The number of aliphatic hydroxyl groups excluding tert-OH is 2. The van der Waals surface area contributed by atoms with Crippen LogP contribution in [0.15, 0.2) is 0 Å². The molecule has 0 saturated heterocycles. The van der Waals surface area contributed by atoms with E-state index in [0.717, 1.165) is 11.3 Å². The Labute approximate surface area is 94.5 Å². The summed E-state index contributed by atoms with van der Waals surface area (Å²) in [5.41, 5.74) is 1.19. The summed E-state index contributed by atoms with van der Waals surface area (Å²) in [7, 11) is 1.77. The Bertz CT molecular complexity index is 345. The highest BCUT2D eigenvalue weighted by Gasteiger charge is 2.26. The summed E-state index contributed by atoms with van der Waals surface area (Å²) >= 11 is 6.07. The van der Waals surface area contributed by atoms with Gasteiger partial charge in [-0.3, -0.25) is 4.68 Å². The molecular formula is C10H17ClN2O2. The lowest BCUT2D eigenvalue weighted by Gasteiger charge is -2.24. The van der Waals surface area contributed by atoms with Gasteiger partial charge in [0.15, 0.2) is 0 Å². The fraction of sp³-hybridized carbons (Fsp3) is 0.700. The first-order valence-electron chi connectivity index (χ1n) is 4.83. The van der Waals surface area contributed by atoms with Gasteiger partial charge in [0.2, 0.25) is 0 Å². The molecule has 0 aliphatic heterocycles. The number of aryl methyl sites for hydroxylation is 2. The van der Waals surface area contributed by atoms with Crippen molar-refractivity contribution in [2.24, 2.45) is 12.5 Å². The first-order chi connectivity index (χ1) is 6.93. The Kier molecular flexibility index (Phi) is 3.76. The molecule has 86 valence electrons. The monoisotopic (exact) mass is 232 g/mol. The molecule has 0 aliphatic carbocycles. The number of aliphatic hydroxyl groups is 2. The van der Waals surface area contributed by atoms with Gasteiger partial charge in [0.05, 0.1) is 18.9 Å². The SMILES string of the molecule is Cc1nn(C)c(Cl)c1CC(C)(CO)CO. The van der Waals surface area contributed by atoms with Crippen LogP contribution in [0, 0.1) is 12.3 Å². The van der Waals surface area contributed by atoms with E-state index in [9.17, 15) is 10.2 Å². The van der Waals surface area contributed by atoms with Crippen molar-refractivity contribution in [2.75, 3.05) is 13.2 Å². The second-order valence-electron chi connectivity index (χ2n) is 4.28. The molecule has 0 unspecified atom stereocenters. The van der Waals surface area contributed by atoms with Crippen LogP contribution in [0.2, 0.25) is 5.15 Å². The van der Waals surface area contributed by atoms with Crippen molar-refractivity contribution in [3.63, 3.8) is 0 Å². The summed E-state index contributed by atoms with van der Waals surface area (Å²) in [6, 6.07) is 0. The predicted molar refractivity (Wildman–Crippen MR) is 58.9 cm³/mol. The molecule has 1 aromatic rings. The lowest BCUT2D eigenvalue weighted by molar-refractivity contribution is 0.0703. The molecule has 0 amide bonds. The molecule has 0 radical (unpaired) electrons. The lowest BCUT2D eigenvalue weighted by Crippen LogP contribution is -2.28. The Hall–Kier alpha value is -0.580. The minimum absolute atomic E-state index is 0.0752. The van der Waals surface area contributed by atoms with Crippen LogP contribution < -0.4 is 0 Å². The minimum atomic E-state index is -0.544. The quantitative estimate of drug-likeness (QED) is 0.812. The average molecular weight is 233 g/mol. The van der Waals surface area contributed by atoms with Gasteiger partial charge in [-0.25, -0.2) is 0 Å². The van der Waals surface area contributed by atoms with Crippen molar-refractivity contribution in [1.82, 2.24) is 9.78 Å². The molecule has 0 spiro atoms. The number of halogens is 1. The molecule has 4 nitrogen and oxygen atoms in total. The van der Waals surface area contributed by atoms with E-state index < -0.39 is 5.41 Å². The van der Waals surface area contributed by atoms with Crippen LogP contribution >= 0.6 is 11.6 Å². The zero-order valence-corrected chi connectivity index (χ0v) is 10.0. The molecule has 1 aromatic heterocycles. The van der Waals surface area contributed by atoms with Crippen LogP contribution in [0.1, 0.15) is 18.2 Å². The molecule has 0 aromatic carbocycles. The molecule has 1 rings (SSSR count). The summed E-state index contributed by atoms with van der Waals surface area (Å²) in [6.45, 7) is 3.54. The molecule has 0 bridgehead atoms. The molecule has 0 aliphatic rings. The first kappa shape index (κ1) is 12.5. The van der Waals surface area contributed by atoms with Crippen LogP contribution in [0.4, 0.5) is 0 Å². The zero-order valence-electron chi connectivity index (χ0n) is 9.29. The maximum atomic E-state index is 9.20. The maximum absolute atomic E-state index is 9.20. The molecule has 15 heavy (non-hydrogen) atoms. The van der Waals surface area contributed by atoms with Crippen LogP contribution in [-0.4, -0.2) is 33.2 Å². The zero-order chi connectivity index (χ0) is 11.6. The Morgan fingerprint density at radius 3 is 2.27 bits per heavy atom. The average Bonchev–Trinajstić information content (AvgIpc) is 2.45. The first-order valence-corrected chi connectivity index (χ1v) is 5.21. The van der Waals surface area contributed by atoms with Gasteiger partial charge < -0.3 is 10.2 Å². The largest absolute Gasteiger partial charge is 0.396 e. The minimum Gasteiger partial charge on any atom is -0.396 e. The van der Waals surface area contributed by atoms with Crippen LogP contribution in [0.25, 0.3) is 0 Å². The molecule has 0 atom stereocenters. The van der Waals surface area contributed by atoms with Crippen molar-refractivity contribution < 1.29 is 10.2 Å². The smallest absolute Gasteiger partial charge is 0.130 e. The van der Waals surface area contributed by atoms with Gasteiger partial charge in [-0.1, -0.05) is 18.5 Å². The maximum Gasteiger partial charge on any atom is 0.130 e. The van der Waals surface area contributed by atoms with Gasteiger partial charge >= 0.3 is 0 Å². The number of rotatable bonds is 4. The second kappa shape index (κ2) is 4.51. The molecule has 2 N–H and O–H groups in total. The van der Waals surface area contributed by atoms with Crippen LogP contribution in [0.5, 0.6) is 0 Å². The topological polar surface area (TPSA) is 58.3 Å². The molecule has 0 saturated carbocycles. The molecule has 0 fully saturated rings. The van der Waals surface area contributed by atoms with E-state index in [-0.39, 0.29) is 13.2 Å². The summed E-state index contributed by atoms with van der Waals surface area (Å²) in [5, 5.41) is 23.2. The second-order valence-corrected chi connectivity index (χ2v) is 4.64. The van der Waals surface area contributed by atoms with E-state index in [1.165, 1.54) is 0 Å². The van der Waals surface area contributed by atoms with Crippen LogP contribution in [0.3, 0.4) is 0 Å². The molecule has 1 heterocycles. The summed E-state index contributed by atoms with van der Waals surface area (Å²) < 4.78 is 1.60. The summed E-state index contributed by atoms with van der Waals surface area (Å²) in [4.78, 5) is 0. The van der Waals surface area contributed by atoms with E-state index in [2.05, 4.69) is 5.10 Å². The van der Waals surface area contributed by atoms with Gasteiger partial charge in [0.25, 0.3) is 0 Å². The Morgan fingerprint density at radius 1 is 1.40 bits per heavy atom. The normalized spacial score (nSPS) is 12.1. The van der Waals surface area contributed by atoms with Gasteiger partial charge in [-0.2, -0.15) is 5.10 Å². The van der Waals surface area contributed by atoms with Crippen molar-refractivity contribution in [1.29, 1.82) is 0 Å². The van der Waals surface area contributed by atoms with Gasteiger partial charge in [-0.15, -0.1) is 0 Å². The standard InChI is InChI=1S/C10H17ClN2O2/c1-7-8(9(11)13(3)12-7)4-10(2,5-14)6-15/h14-15H,4-6H2,1-3H3. The van der Waals surface area contributed by atoms with E-state index >= 15 is 0 Å². The van der Waals surface area contributed by atoms with Crippen molar-refractivity contribution in [3.05, 3.63) is 16.4 Å². The van der Waals surface area contributed by atoms with Crippen LogP contribution in [-0.2, 0) is 13.5 Å². The number of aromatic nitrogens is 2. The summed E-state index contributed by atoms with van der Waals surface area (Å²) in [6.07, 6.45) is 0.526. The Balaban J connectivity index is 2.98.